The Balaban J connectivity index is 1.81. The highest BCUT2D eigenvalue weighted by atomic mass is 35.5. The number of rotatable bonds is 3. The molecule has 0 saturated heterocycles. The number of amides is 1. The molecule has 0 spiro atoms. The Hall–Kier alpha value is -2.38. The fourth-order valence-electron chi connectivity index (χ4n) is 3.80. The van der Waals surface area contributed by atoms with Crippen molar-refractivity contribution in [1.29, 1.82) is 0 Å². The normalized spacial score (nSPS) is 19.1. The highest BCUT2D eigenvalue weighted by molar-refractivity contribution is 6.29. The van der Waals surface area contributed by atoms with Crippen LogP contribution in [0.4, 0.5) is 5.82 Å². The third-order valence-electron chi connectivity index (χ3n) is 4.90. The van der Waals surface area contributed by atoms with Crippen molar-refractivity contribution in [3.05, 3.63) is 46.4 Å². The van der Waals surface area contributed by atoms with Crippen LogP contribution in [0.3, 0.4) is 0 Å². The molecule has 1 amide bonds. The molecule has 27 heavy (non-hydrogen) atoms. The number of carbonyl (C=O) groups is 1. The van der Waals surface area contributed by atoms with Crippen LogP contribution in [0, 0.1) is 0 Å². The summed E-state index contributed by atoms with van der Waals surface area (Å²) in [6, 6.07) is 6.12. The van der Waals surface area contributed by atoms with Gasteiger partial charge in [0, 0.05) is 31.8 Å². The lowest BCUT2D eigenvalue weighted by atomic mass is 9.96. The summed E-state index contributed by atoms with van der Waals surface area (Å²) in [6.07, 6.45) is 3.79. The molecule has 1 atom stereocenters. The van der Waals surface area contributed by atoms with Gasteiger partial charge in [-0.1, -0.05) is 17.7 Å². The minimum Gasteiger partial charge on any atom is -0.309 e. The summed E-state index contributed by atoms with van der Waals surface area (Å²) in [6.45, 7) is 6.62. The van der Waals surface area contributed by atoms with Gasteiger partial charge < -0.3 is 10.3 Å². The fraction of sp³-hybridized carbons (Fsp3) is 0.421. The first-order chi connectivity index (χ1) is 12.9. The number of hydrogen-bond acceptors (Lipinski definition) is 5. The molecule has 7 nitrogen and oxygen atoms in total. The zero-order chi connectivity index (χ0) is 19.1. The molecule has 0 radical (unpaired) electrons. The van der Waals surface area contributed by atoms with E-state index in [-0.39, 0.29) is 18.0 Å². The molecule has 2 aromatic rings. The van der Waals surface area contributed by atoms with Crippen LogP contribution in [-0.4, -0.2) is 31.7 Å². The number of aromatic nitrogens is 3. The van der Waals surface area contributed by atoms with Gasteiger partial charge in [0.1, 0.15) is 5.15 Å². The fourth-order valence-corrected chi connectivity index (χ4v) is 3.91. The quantitative estimate of drug-likeness (QED) is 0.791. The van der Waals surface area contributed by atoms with Crippen molar-refractivity contribution in [2.75, 3.05) is 5.32 Å². The highest BCUT2D eigenvalue weighted by Crippen LogP contribution is 2.42. The monoisotopic (exact) mass is 386 g/mol. The van der Waals surface area contributed by atoms with Crippen molar-refractivity contribution in [1.82, 2.24) is 25.2 Å². The van der Waals surface area contributed by atoms with E-state index in [1.807, 2.05) is 29.1 Å². The Kier molecular flexibility index (Phi) is 4.65. The van der Waals surface area contributed by atoms with Gasteiger partial charge in [-0.05, 0) is 43.9 Å². The lowest BCUT2D eigenvalue weighted by Gasteiger charge is -2.28. The van der Waals surface area contributed by atoms with Crippen molar-refractivity contribution < 1.29 is 4.79 Å². The van der Waals surface area contributed by atoms with Gasteiger partial charge in [0.05, 0.1) is 17.4 Å². The van der Waals surface area contributed by atoms with Gasteiger partial charge >= 0.3 is 0 Å². The van der Waals surface area contributed by atoms with Crippen LogP contribution in [0.25, 0.3) is 5.70 Å². The third kappa shape index (κ3) is 3.33. The summed E-state index contributed by atoms with van der Waals surface area (Å²) in [7, 11) is 0. The van der Waals surface area contributed by atoms with Crippen LogP contribution in [0.15, 0.2) is 30.0 Å². The maximum atomic E-state index is 11.4. The average molecular weight is 387 g/mol. The van der Waals surface area contributed by atoms with E-state index in [1.54, 1.807) is 0 Å². The van der Waals surface area contributed by atoms with Crippen LogP contribution >= 0.6 is 11.6 Å². The van der Waals surface area contributed by atoms with Crippen molar-refractivity contribution in [3.8, 4) is 0 Å². The summed E-state index contributed by atoms with van der Waals surface area (Å²) < 4.78 is 1.99. The summed E-state index contributed by atoms with van der Waals surface area (Å²) in [5.74, 6) is 0.472. The number of fused-ring (bicyclic) bond motifs is 2. The van der Waals surface area contributed by atoms with Gasteiger partial charge in [-0.15, -0.1) is 0 Å². The van der Waals surface area contributed by atoms with Crippen molar-refractivity contribution in [2.24, 2.45) is 0 Å². The van der Waals surface area contributed by atoms with E-state index in [1.165, 1.54) is 12.5 Å². The molecule has 2 aliphatic rings. The molecular weight excluding hydrogens is 364 g/mol. The Morgan fingerprint density at radius 2 is 2.22 bits per heavy atom. The lowest BCUT2D eigenvalue weighted by molar-refractivity contribution is -0.114. The second-order valence-corrected chi connectivity index (χ2v) is 7.62. The van der Waals surface area contributed by atoms with E-state index in [0.717, 1.165) is 36.3 Å². The second kappa shape index (κ2) is 6.98. The number of hydrogen-bond donors (Lipinski definition) is 2. The summed E-state index contributed by atoms with van der Waals surface area (Å²) in [5, 5.41) is 10.1. The standard InChI is InChI=1S/C19H23ClN6O/c1-11(2)26-19-14(18(24-26)13-6-7-16(20)21-10-13)5-4-8-25-15(19)9-17(23-25)22-12(3)27/h6-7,9-11,18,24H,4-5,8H2,1-3H3,(H,22,23,27). The number of carbonyl (C=O) groups excluding carboxylic acids is 1. The first-order valence-electron chi connectivity index (χ1n) is 9.19. The van der Waals surface area contributed by atoms with Gasteiger partial charge in [0.25, 0.3) is 0 Å². The van der Waals surface area contributed by atoms with Gasteiger partial charge in [0.15, 0.2) is 5.82 Å². The Morgan fingerprint density at radius 3 is 2.89 bits per heavy atom. The van der Waals surface area contributed by atoms with Crippen molar-refractivity contribution in [2.45, 2.75) is 52.2 Å². The lowest BCUT2D eigenvalue weighted by Crippen LogP contribution is -2.39. The number of pyridine rings is 1. The first-order valence-corrected chi connectivity index (χ1v) is 9.57. The highest BCUT2D eigenvalue weighted by Gasteiger charge is 2.37. The van der Waals surface area contributed by atoms with Crippen molar-refractivity contribution in [3.63, 3.8) is 0 Å². The summed E-state index contributed by atoms with van der Waals surface area (Å²) in [5.41, 5.74) is 8.21. The number of nitrogens with zero attached hydrogens (tertiary/aromatic N) is 4. The zero-order valence-corrected chi connectivity index (χ0v) is 16.4. The molecule has 4 rings (SSSR count). The minimum absolute atomic E-state index is 0.0535. The van der Waals surface area contributed by atoms with Gasteiger partial charge in [-0.25, -0.2) is 10.4 Å². The molecular formula is C19H23ClN6O. The van der Waals surface area contributed by atoms with E-state index in [9.17, 15) is 4.79 Å². The van der Waals surface area contributed by atoms with E-state index < -0.39 is 0 Å². The van der Waals surface area contributed by atoms with E-state index in [0.29, 0.717) is 11.0 Å². The second-order valence-electron chi connectivity index (χ2n) is 7.24. The number of nitrogens with one attached hydrogen (secondary N) is 2. The molecule has 142 valence electrons. The predicted molar refractivity (Wildman–Crippen MR) is 105 cm³/mol. The Labute approximate surface area is 163 Å². The topological polar surface area (TPSA) is 75.1 Å². The van der Waals surface area contributed by atoms with Crippen LogP contribution < -0.4 is 10.7 Å². The molecule has 1 unspecified atom stereocenters. The first kappa shape index (κ1) is 18.0. The predicted octanol–water partition coefficient (Wildman–Crippen LogP) is 3.36. The molecule has 2 aliphatic heterocycles. The number of aryl methyl sites for hydroxylation is 1. The molecule has 0 fully saturated rings. The summed E-state index contributed by atoms with van der Waals surface area (Å²) in [4.78, 5) is 15.7. The molecule has 0 saturated carbocycles. The molecule has 0 aromatic carbocycles. The third-order valence-corrected chi connectivity index (χ3v) is 5.13. The largest absolute Gasteiger partial charge is 0.309 e. The molecule has 2 N–H and O–H groups in total. The van der Waals surface area contributed by atoms with E-state index in [2.05, 4.69) is 39.7 Å². The Bertz CT molecular complexity index is 901. The van der Waals surface area contributed by atoms with E-state index >= 15 is 0 Å². The van der Waals surface area contributed by atoms with Gasteiger partial charge in [-0.3, -0.25) is 9.48 Å². The minimum atomic E-state index is -0.118. The molecule has 2 aromatic heterocycles. The number of halogens is 1. The van der Waals surface area contributed by atoms with Gasteiger partial charge in [0.2, 0.25) is 5.91 Å². The molecule has 0 aliphatic carbocycles. The van der Waals surface area contributed by atoms with E-state index in [4.69, 9.17) is 11.6 Å². The van der Waals surface area contributed by atoms with Crippen LogP contribution in [-0.2, 0) is 11.3 Å². The maximum absolute atomic E-state index is 11.4. The zero-order valence-electron chi connectivity index (χ0n) is 15.7. The summed E-state index contributed by atoms with van der Waals surface area (Å²) >= 11 is 5.97. The maximum Gasteiger partial charge on any atom is 0.222 e. The Morgan fingerprint density at radius 1 is 1.41 bits per heavy atom. The molecule has 8 heteroatoms. The van der Waals surface area contributed by atoms with Gasteiger partial charge in [-0.2, -0.15) is 5.10 Å². The number of anilines is 1. The van der Waals surface area contributed by atoms with Crippen LogP contribution in [0.1, 0.15) is 50.9 Å². The van der Waals surface area contributed by atoms with Crippen LogP contribution in [0.2, 0.25) is 5.15 Å². The SMILES string of the molecule is CC(=O)Nc1cc2n(n1)CCCC1=C2N(C(C)C)NC1c1ccc(Cl)nc1. The molecule has 4 heterocycles. The number of hydrazine groups is 1. The van der Waals surface area contributed by atoms with Crippen molar-refractivity contribution >= 4 is 29.0 Å². The van der Waals surface area contributed by atoms with Crippen LogP contribution in [0.5, 0.6) is 0 Å². The smallest absolute Gasteiger partial charge is 0.222 e. The average Bonchev–Trinajstić information content (AvgIpc) is 3.12. The molecule has 0 bridgehead atoms.